The summed E-state index contributed by atoms with van der Waals surface area (Å²) in [5, 5.41) is 44.0. The summed E-state index contributed by atoms with van der Waals surface area (Å²) in [6.07, 6.45) is 60.3. The fourth-order valence-electron chi connectivity index (χ4n) is 9.53. The first-order valence-electron chi connectivity index (χ1n) is 28.9. The highest BCUT2D eigenvalue weighted by molar-refractivity contribution is 5.80. The van der Waals surface area contributed by atoms with Gasteiger partial charge in [-0.25, -0.2) is 0 Å². The molecule has 6 nitrogen and oxygen atoms in total. The standard InChI is InChI=1S/C57H115NO5/c1-3-5-7-9-11-13-15-17-19-21-23-25-26-27-28-29-31-33-35-37-39-41-43-45-47-49-51-55(61)57(63)58-53(52-59)56(62)54(60)50-48-46-44-42-40-38-36-34-32-30-24-22-20-18-16-14-12-10-8-6-4-2/h53-56,59-62H,3-52H2,1-2H3,(H,58,63). The molecular formula is C57H115NO5. The van der Waals surface area contributed by atoms with Crippen LogP contribution in [0.5, 0.6) is 0 Å². The second-order valence-corrected chi connectivity index (χ2v) is 20.4. The largest absolute Gasteiger partial charge is 0.394 e. The molecule has 0 aromatic carbocycles. The maximum absolute atomic E-state index is 12.6. The number of hydrogen-bond acceptors (Lipinski definition) is 5. The normalized spacial score (nSPS) is 13.7. The van der Waals surface area contributed by atoms with Crippen LogP contribution in [0, 0.1) is 0 Å². The van der Waals surface area contributed by atoms with Crippen molar-refractivity contribution in [3.05, 3.63) is 0 Å². The fraction of sp³-hybridized carbons (Fsp3) is 0.982. The highest BCUT2D eigenvalue weighted by Gasteiger charge is 2.28. The van der Waals surface area contributed by atoms with Gasteiger partial charge < -0.3 is 25.7 Å². The minimum Gasteiger partial charge on any atom is -0.394 e. The first kappa shape index (κ1) is 62.3. The van der Waals surface area contributed by atoms with Crippen molar-refractivity contribution in [1.29, 1.82) is 0 Å². The van der Waals surface area contributed by atoms with Gasteiger partial charge >= 0.3 is 0 Å². The van der Waals surface area contributed by atoms with Gasteiger partial charge in [0.1, 0.15) is 12.2 Å². The molecule has 0 fully saturated rings. The van der Waals surface area contributed by atoms with E-state index >= 15 is 0 Å². The van der Waals surface area contributed by atoms with Crippen LogP contribution in [0.15, 0.2) is 0 Å². The fourth-order valence-corrected chi connectivity index (χ4v) is 9.53. The Bertz CT molecular complexity index is 871. The lowest BCUT2D eigenvalue weighted by Crippen LogP contribution is -2.53. The van der Waals surface area contributed by atoms with Crippen molar-refractivity contribution in [3.8, 4) is 0 Å². The van der Waals surface area contributed by atoms with Crippen LogP contribution >= 0.6 is 0 Å². The first-order valence-corrected chi connectivity index (χ1v) is 28.9. The number of carbonyl (C=O) groups is 1. The zero-order valence-electron chi connectivity index (χ0n) is 42.9. The van der Waals surface area contributed by atoms with Crippen molar-refractivity contribution in [3.63, 3.8) is 0 Å². The molecule has 6 heteroatoms. The summed E-state index contributed by atoms with van der Waals surface area (Å²) < 4.78 is 0. The van der Waals surface area contributed by atoms with E-state index < -0.39 is 36.9 Å². The van der Waals surface area contributed by atoms with Gasteiger partial charge in [0.15, 0.2) is 0 Å². The van der Waals surface area contributed by atoms with Crippen LogP contribution < -0.4 is 5.32 Å². The Kier molecular flexibility index (Phi) is 51.7. The van der Waals surface area contributed by atoms with Crippen LogP contribution in [0.4, 0.5) is 0 Å². The van der Waals surface area contributed by atoms with Crippen LogP contribution in [0.25, 0.3) is 0 Å². The predicted molar refractivity (Wildman–Crippen MR) is 275 cm³/mol. The minimum absolute atomic E-state index is 0.376. The van der Waals surface area contributed by atoms with Crippen molar-refractivity contribution >= 4 is 5.91 Å². The third-order valence-electron chi connectivity index (χ3n) is 14.1. The molecule has 0 saturated heterocycles. The summed E-state index contributed by atoms with van der Waals surface area (Å²) in [5.41, 5.74) is 0. The summed E-state index contributed by atoms with van der Waals surface area (Å²) in [7, 11) is 0. The Hall–Kier alpha value is -0.690. The second-order valence-electron chi connectivity index (χ2n) is 20.4. The predicted octanol–water partition coefficient (Wildman–Crippen LogP) is 16.7. The number of carbonyl (C=O) groups excluding carboxylic acids is 1. The van der Waals surface area contributed by atoms with E-state index in [1.807, 2.05) is 0 Å². The molecule has 0 aromatic heterocycles. The molecule has 5 N–H and O–H groups in total. The molecule has 0 aliphatic rings. The van der Waals surface area contributed by atoms with Crippen molar-refractivity contribution in [2.75, 3.05) is 6.61 Å². The molecule has 0 bridgehead atoms. The van der Waals surface area contributed by atoms with Crippen LogP contribution in [-0.2, 0) is 4.79 Å². The summed E-state index contributed by atoms with van der Waals surface area (Å²) in [6, 6.07) is -0.981. The Labute approximate surface area is 394 Å². The van der Waals surface area contributed by atoms with Crippen molar-refractivity contribution in [2.45, 2.75) is 353 Å². The van der Waals surface area contributed by atoms with Crippen LogP contribution in [-0.4, -0.2) is 57.3 Å². The highest BCUT2D eigenvalue weighted by atomic mass is 16.3. The Morgan fingerprint density at radius 1 is 0.333 bits per heavy atom. The van der Waals surface area contributed by atoms with Gasteiger partial charge in [0.05, 0.1) is 18.8 Å². The van der Waals surface area contributed by atoms with E-state index in [0.717, 1.165) is 38.5 Å². The number of aliphatic hydroxyl groups is 4. The second kappa shape index (κ2) is 52.3. The molecule has 0 aromatic rings. The number of nitrogens with one attached hydrogen (secondary N) is 1. The smallest absolute Gasteiger partial charge is 0.249 e. The van der Waals surface area contributed by atoms with Crippen LogP contribution in [0.1, 0.15) is 328 Å². The van der Waals surface area contributed by atoms with Gasteiger partial charge in [0.2, 0.25) is 5.91 Å². The Balaban J connectivity index is 3.57. The van der Waals surface area contributed by atoms with E-state index in [1.54, 1.807) is 0 Å². The SMILES string of the molecule is CCCCCCCCCCCCCCCCCCCCCCCCCCCCC(O)C(=O)NC(CO)C(O)C(O)CCCCCCCCCCCCCCCCCCCCCCC. The van der Waals surface area contributed by atoms with Gasteiger partial charge in [0.25, 0.3) is 0 Å². The van der Waals surface area contributed by atoms with Crippen molar-refractivity contribution < 1.29 is 25.2 Å². The lowest BCUT2D eigenvalue weighted by atomic mass is 9.99. The van der Waals surface area contributed by atoms with E-state index in [4.69, 9.17) is 0 Å². The summed E-state index contributed by atoms with van der Waals surface area (Å²) >= 11 is 0. The maximum atomic E-state index is 12.6. The summed E-state index contributed by atoms with van der Waals surface area (Å²) in [6.45, 7) is 4.10. The number of unbranched alkanes of at least 4 members (excludes halogenated alkanes) is 45. The topological polar surface area (TPSA) is 110 Å². The van der Waals surface area contributed by atoms with Gasteiger partial charge in [-0.15, -0.1) is 0 Å². The molecule has 4 atom stereocenters. The lowest BCUT2D eigenvalue weighted by molar-refractivity contribution is -0.132. The monoisotopic (exact) mass is 894 g/mol. The zero-order chi connectivity index (χ0) is 45.9. The first-order chi connectivity index (χ1) is 31.0. The summed E-state index contributed by atoms with van der Waals surface area (Å²) in [4.78, 5) is 12.6. The molecule has 0 rings (SSSR count). The number of amides is 1. The minimum atomic E-state index is -1.25. The maximum Gasteiger partial charge on any atom is 0.249 e. The number of aliphatic hydroxyl groups excluding tert-OH is 4. The third-order valence-corrected chi connectivity index (χ3v) is 14.1. The Morgan fingerprint density at radius 2 is 0.540 bits per heavy atom. The van der Waals surface area contributed by atoms with Crippen molar-refractivity contribution in [2.24, 2.45) is 0 Å². The number of rotatable bonds is 54. The van der Waals surface area contributed by atoms with Crippen molar-refractivity contribution in [1.82, 2.24) is 5.32 Å². The third kappa shape index (κ3) is 46.2. The molecule has 0 heterocycles. The number of hydrogen-bond donors (Lipinski definition) is 5. The molecule has 0 spiro atoms. The zero-order valence-corrected chi connectivity index (χ0v) is 42.9. The molecule has 0 aliphatic carbocycles. The average Bonchev–Trinajstić information content (AvgIpc) is 3.29. The van der Waals surface area contributed by atoms with Gasteiger partial charge in [-0.2, -0.15) is 0 Å². The van der Waals surface area contributed by atoms with E-state index in [0.29, 0.717) is 12.8 Å². The molecule has 0 radical (unpaired) electrons. The molecule has 63 heavy (non-hydrogen) atoms. The van der Waals surface area contributed by atoms with Gasteiger partial charge in [-0.1, -0.05) is 316 Å². The lowest BCUT2D eigenvalue weighted by Gasteiger charge is -2.27. The highest BCUT2D eigenvalue weighted by Crippen LogP contribution is 2.19. The molecule has 0 saturated carbocycles. The van der Waals surface area contributed by atoms with Gasteiger partial charge in [0, 0.05) is 0 Å². The molecule has 1 amide bonds. The quantitative estimate of drug-likeness (QED) is 0.0391. The van der Waals surface area contributed by atoms with E-state index in [1.165, 1.54) is 263 Å². The molecular weight excluding hydrogens is 779 g/mol. The van der Waals surface area contributed by atoms with E-state index in [-0.39, 0.29) is 0 Å². The molecule has 4 unspecified atom stereocenters. The average molecular weight is 895 g/mol. The van der Waals surface area contributed by atoms with E-state index in [9.17, 15) is 25.2 Å². The van der Waals surface area contributed by atoms with Gasteiger partial charge in [-0.3, -0.25) is 4.79 Å². The Morgan fingerprint density at radius 3 is 0.762 bits per heavy atom. The molecule has 378 valence electrons. The molecule has 0 aliphatic heterocycles. The van der Waals surface area contributed by atoms with Crippen LogP contribution in [0.2, 0.25) is 0 Å². The van der Waals surface area contributed by atoms with Gasteiger partial charge in [-0.05, 0) is 12.8 Å². The summed E-state index contributed by atoms with van der Waals surface area (Å²) in [5.74, 6) is -0.575. The van der Waals surface area contributed by atoms with Crippen LogP contribution in [0.3, 0.4) is 0 Å². The van der Waals surface area contributed by atoms with E-state index in [2.05, 4.69) is 19.2 Å².